The third-order valence-electron chi connectivity index (χ3n) is 2.20. The van der Waals surface area contributed by atoms with Gasteiger partial charge in [-0.25, -0.2) is 4.79 Å². The van der Waals surface area contributed by atoms with Gasteiger partial charge in [0.25, 0.3) is 0 Å². The number of rotatable bonds is 4. The minimum atomic E-state index is -0.501. The fraction of sp³-hybridized carbons (Fsp3) is 0.333. The molecule has 4 N–H and O–H groups in total. The van der Waals surface area contributed by atoms with E-state index in [-0.39, 0.29) is 5.91 Å². The van der Waals surface area contributed by atoms with Crippen LogP contribution in [0.2, 0.25) is 5.02 Å². The molecule has 104 valence electrons. The van der Waals surface area contributed by atoms with E-state index in [4.69, 9.17) is 17.3 Å². The number of imide groups is 1. The van der Waals surface area contributed by atoms with E-state index in [0.29, 0.717) is 22.2 Å². The van der Waals surface area contributed by atoms with E-state index in [9.17, 15) is 9.59 Å². The van der Waals surface area contributed by atoms with E-state index in [1.54, 1.807) is 32.0 Å². The number of hydrogen-bond acceptors (Lipinski definition) is 4. The molecular formula is C12H16ClN3O2S. The van der Waals surface area contributed by atoms with Crippen molar-refractivity contribution < 1.29 is 9.59 Å². The van der Waals surface area contributed by atoms with Crippen molar-refractivity contribution in [2.45, 2.75) is 24.0 Å². The predicted molar refractivity (Wildman–Crippen MR) is 78.4 cm³/mol. The van der Waals surface area contributed by atoms with Gasteiger partial charge < -0.3 is 11.1 Å². The van der Waals surface area contributed by atoms with Crippen LogP contribution in [0.3, 0.4) is 0 Å². The molecular weight excluding hydrogens is 286 g/mol. The Morgan fingerprint density at radius 1 is 1.47 bits per heavy atom. The first-order chi connectivity index (χ1) is 8.93. The lowest BCUT2D eigenvalue weighted by molar-refractivity contribution is -0.119. The van der Waals surface area contributed by atoms with Gasteiger partial charge in [-0.15, -0.1) is 11.8 Å². The number of nitrogen functional groups attached to an aromatic ring is 1. The minimum Gasteiger partial charge on any atom is -0.399 e. The molecule has 0 aliphatic carbocycles. The predicted octanol–water partition coefficient (Wildman–Crippen LogP) is 2.25. The first-order valence-corrected chi connectivity index (χ1v) is 7.00. The Balaban J connectivity index is 2.63. The molecule has 0 fully saturated rings. The van der Waals surface area contributed by atoms with Crippen LogP contribution in [0.15, 0.2) is 23.1 Å². The van der Waals surface area contributed by atoms with Crippen LogP contribution in [0.5, 0.6) is 0 Å². The van der Waals surface area contributed by atoms with Gasteiger partial charge >= 0.3 is 6.03 Å². The maximum Gasteiger partial charge on any atom is 0.321 e. The van der Waals surface area contributed by atoms with Crippen molar-refractivity contribution in [1.82, 2.24) is 10.6 Å². The SMILES string of the molecule is CCNC(=O)NC(=O)C(C)Sc1cc(N)ccc1Cl. The molecule has 5 nitrogen and oxygen atoms in total. The largest absolute Gasteiger partial charge is 0.399 e. The van der Waals surface area contributed by atoms with E-state index in [1.807, 2.05) is 0 Å². The normalized spacial score (nSPS) is 11.7. The lowest BCUT2D eigenvalue weighted by Crippen LogP contribution is -2.42. The van der Waals surface area contributed by atoms with Gasteiger partial charge in [0.05, 0.1) is 10.3 Å². The number of carbonyl (C=O) groups is 2. The summed E-state index contributed by atoms with van der Waals surface area (Å²) in [6.45, 7) is 3.93. The molecule has 0 bridgehead atoms. The first kappa shape index (κ1) is 15.7. The van der Waals surface area contributed by atoms with E-state index in [0.717, 1.165) is 0 Å². The Kier molecular flexibility index (Phi) is 5.98. The van der Waals surface area contributed by atoms with Crippen LogP contribution < -0.4 is 16.4 Å². The van der Waals surface area contributed by atoms with Crippen LogP contribution in [0.1, 0.15) is 13.8 Å². The third-order valence-corrected chi connectivity index (χ3v) is 3.80. The van der Waals surface area contributed by atoms with Crippen LogP contribution in [-0.2, 0) is 4.79 Å². The van der Waals surface area contributed by atoms with Crippen molar-refractivity contribution in [2.24, 2.45) is 0 Å². The molecule has 1 atom stereocenters. The van der Waals surface area contributed by atoms with Gasteiger partial charge in [-0.2, -0.15) is 0 Å². The maximum atomic E-state index is 11.8. The number of nitrogens with one attached hydrogen (secondary N) is 2. The van der Waals surface area contributed by atoms with Crippen molar-refractivity contribution in [1.29, 1.82) is 0 Å². The maximum absolute atomic E-state index is 11.8. The average molecular weight is 302 g/mol. The molecule has 7 heteroatoms. The molecule has 1 aromatic rings. The highest BCUT2D eigenvalue weighted by Crippen LogP contribution is 2.31. The first-order valence-electron chi connectivity index (χ1n) is 5.74. The fourth-order valence-electron chi connectivity index (χ4n) is 1.27. The van der Waals surface area contributed by atoms with E-state index in [1.165, 1.54) is 11.8 Å². The van der Waals surface area contributed by atoms with Gasteiger partial charge in [0.2, 0.25) is 5.91 Å². The number of anilines is 1. The second-order valence-corrected chi connectivity index (χ2v) is 5.59. The summed E-state index contributed by atoms with van der Waals surface area (Å²) in [4.78, 5) is 23.7. The van der Waals surface area contributed by atoms with Crippen LogP contribution in [-0.4, -0.2) is 23.7 Å². The molecule has 0 saturated carbocycles. The highest BCUT2D eigenvalue weighted by Gasteiger charge is 2.18. The van der Waals surface area contributed by atoms with Gasteiger partial charge in [0.1, 0.15) is 0 Å². The fourth-order valence-corrected chi connectivity index (χ4v) is 2.46. The number of halogens is 1. The highest BCUT2D eigenvalue weighted by molar-refractivity contribution is 8.00. The van der Waals surface area contributed by atoms with Crippen molar-refractivity contribution in [3.63, 3.8) is 0 Å². The molecule has 19 heavy (non-hydrogen) atoms. The quantitative estimate of drug-likeness (QED) is 0.588. The van der Waals surface area contributed by atoms with E-state index in [2.05, 4.69) is 10.6 Å². The molecule has 1 unspecified atom stereocenters. The number of benzene rings is 1. The molecule has 0 aliphatic heterocycles. The zero-order valence-corrected chi connectivity index (χ0v) is 12.3. The van der Waals surface area contributed by atoms with Crippen molar-refractivity contribution in [3.05, 3.63) is 23.2 Å². The van der Waals surface area contributed by atoms with Gasteiger partial charge in [-0.05, 0) is 32.0 Å². The summed E-state index contributed by atoms with van der Waals surface area (Å²) in [6, 6.07) is 4.56. The van der Waals surface area contributed by atoms with Gasteiger partial charge in [0.15, 0.2) is 0 Å². The Hall–Kier alpha value is -1.40. The Morgan fingerprint density at radius 2 is 2.16 bits per heavy atom. The van der Waals surface area contributed by atoms with Gasteiger partial charge in [-0.1, -0.05) is 11.6 Å². The summed E-state index contributed by atoms with van der Waals surface area (Å²) in [6.07, 6.45) is 0. The molecule has 0 spiro atoms. The smallest absolute Gasteiger partial charge is 0.321 e. The third kappa shape index (κ3) is 5.00. The summed E-state index contributed by atoms with van der Waals surface area (Å²) in [5.74, 6) is -0.380. The molecule has 0 radical (unpaired) electrons. The lowest BCUT2D eigenvalue weighted by Gasteiger charge is -2.12. The highest BCUT2D eigenvalue weighted by atomic mass is 35.5. The Morgan fingerprint density at radius 3 is 2.79 bits per heavy atom. The van der Waals surface area contributed by atoms with Crippen LogP contribution >= 0.6 is 23.4 Å². The summed E-state index contributed by atoms with van der Waals surface area (Å²) < 4.78 is 0. The molecule has 3 amide bonds. The number of carbonyl (C=O) groups excluding carboxylic acids is 2. The molecule has 0 aromatic heterocycles. The zero-order valence-electron chi connectivity index (χ0n) is 10.7. The number of amides is 3. The monoisotopic (exact) mass is 301 g/mol. The lowest BCUT2D eigenvalue weighted by atomic mass is 10.3. The van der Waals surface area contributed by atoms with Crippen molar-refractivity contribution in [2.75, 3.05) is 12.3 Å². The zero-order chi connectivity index (χ0) is 14.4. The second-order valence-electron chi connectivity index (χ2n) is 3.80. The van der Waals surface area contributed by atoms with Crippen molar-refractivity contribution in [3.8, 4) is 0 Å². The minimum absolute atomic E-state index is 0.380. The summed E-state index contributed by atoms with van der Waals surface area (Å²) in [5.41, 5.74) is 6.24. The number of nitrogens with two attached hydrogens (primary N) is 1. The molecule has 0 saturated heterocycles. The molecule has 0 aliphatic rings. The molecule has 1 rings (SSSR count). The van der Waals surface area contributed by atoms with Crippen LogP contribution in [0.25, 0.3) is 0 Å². The Labute approximate surface area is 121 Å². The average Bonchev–Trinajstić information content (AvgIpc) is 2.34. The topological polar surface area (TPSA) is 84.2 Å². The van der Waals surface area contributed by atoms with Crippen molar-refractivity contribution >= 4 is 41.0 Å². The summed E-state index contributed by atoms with van der Waals surface area (Å²) in [7, 11) is 0. The van der Waals surface area contributed by atoms with E-state index >= 15 is 0 Å². The molecule has 1 aromatic carbocycles. The Bertz CT molecular complexity index is 482. The van der Waals surface area contributed by atoms with Crippen LogP contribution in [0, 0.1) is 0 Å². The second kappa shape index (κ2) is 7.25. The number of hydrogen-bond donors (Lipinski definition) is 3. The van der Waals surface area contributed by atoms with E-state index < -0.39 is 11.3 Å². The number of urea groups is 1. The standard InChI is InChI=1S/C12H16ClN3O2S/c1-3-15-12(18)16-11(17)7(2)19-10-6-8(14)4-5-9(10)13/h4-7H,3,14H2,1-2H3,(H2,15,16,17,18). The van der Waals surface area contributed by atoms with Crippen LogP contribution in [0.4, 0.5) is 10.5 Å². The number of thioether (sulfide) groups is 1. The van der Waals surface area contributed by atoms with Gasteiger partial charge in [-0.3, -0.25) is 10.1 Å². The van der Waals surface area contributed by atoms with Gasteiger partial charge in [0, 0.05) is 17.1 Å². The molecule has 0 heterocycles. The summed E-state index contributed by atoms with van der Waals surface area (Å²) in [5, 5.41) is 4.81. The summed E-state index contributed by atoms with van der Waals surface area (Å²) >= 11 is 7.26.